The second kappa shape index (κ2) is 7.81. The highest BCUT2D eigenvalue weighted by atomic mass is 35.5. The van der Waals surface area contributed by atoms with Gasteiger partial charge >= 0.3 is 5.97 Å². The zero-order valence-electron chi connectivity index (χ0n) is 14.2. The Morgan fingerprint density at radius 3 is 2.74 bits per heavy atom. The Balaban J connectivity index is 2.22. The van der Waals surface area contributed by atoms with Gasteiger partial charge in [-0.3, -0.25) is 19.9 Å². The lowest BCUT2D eigenvalue weighted by Crippen LogP contribution is -2.36. The predicted molar refractivity (Wildman–Crippen MR) is 107 cm³/mol. The van der Waals surface area contributed by atoms with Gasteiger partial charge in [0.2, 0.25) is 0 Å². The number of carbonyl (C=O) groups is 1. The number of nitrogens with zero attached hydrogens (tertiary/aromatic N) is 3. The third-order valence-corrected chi connectivity index (χ3v) is 4.73. The number of aliphatic imine (C=N–C) groups is 1. The molecule has 27 heavy (non-hydrogen) atoms. The number of ether oxygens (including phenoxy) is 1. The lowest BCUT2D eigenvalue weighted by Gasteiger charge is -2.23. The average Bonchev–Trinajstić information content (AvgIpc) is 2.79. The van der Waals surface area contributed by atoms with E-state index in [1.54, 1.807) is 35.2 Å². The van der Waals surface area contributed by atoms with E-state index in [1.165, 1.54) is 19.2 Å². The molecular formula is C18H14ClN3O4S. The first-order chi connectivity index (χ1) is 12.9. The fourth-order valence-corrected chi connectivity index (χ4v) is 3.22. The van der Waals surface area contributed by atoms with Crippen LogP contribution >= 0.6 is 23.8 Å². The number of nitro groups is 1. The highest BCUT2D eigenvalue weighted by Crippen LogP contribution is 2.32. The number of anilines is 1. The molecule has 2 aromatic carbocycles. The van der Waals surface area contributed by atoms with Gasteiger partial charge in [-0.2, -0.15) is 0 Å². The quantitative estimate of drug-likeness (QED) is 0.336. The maximum atomic E-state index is 11.8. The van der Waals surface area contributed by atoms with E-state index in [-0.39, 0.29) is 18.8 Å². The first kappa shape index (κ1) is 18.9. The Kier molecular flexibility index (Phi) is 5.48. The highest BCUT2D eigenvalue weighted by Gasteiger charge is 2.27. The van der Waals surface area contributed by atoms with Gasteiger partial charge in [-0.15, -0.1) is 0 Å². The molecule has 0 amide bonds. The van der Waals surface area contributed by atoms with Crippen LogP contribution in [-0.4, -0.2) is 41.8 Å². The Morgan fingerprint density at radius 1 is 1.33 bits per heavy atom. The summed E-state index contributed by atoms with van der Waals surface area (Å²) in [6.07, 6.45) is 0. The normalized spacial score (nSPS) is 13.5. The highest BCUT2D eigenvalue weighted by molar-refractivity contribution is 7.80. The minimum atomic E-state index is -0.488. The average molecular weight is 404 g/mol. The van der Waals surface area contributed by atoms with Crippen LogP contribution in [0.1, 0.15) is 11.1 Å². The SMILES string of the molecule is COC(=O)CN1C(=S)CN=C(c2ccccc2Cl)c2cc([N+](=O)[O-])ccc21. The number of nitro benzene ring substituents is 1. The van der Waals surface area contributed by atoms with Crippen molar-refractivity contribution in [1.82, 2.24) is 0 Å². The van der Waals surface area contributed by atoms with Crippen molar-refractivity contribution in [3.8, 4) is 0 Å². The van der Waals surface area contributed by atoms with Crippen molar-refractivity contribution in [3.63, 3.8) is 0 Å². The summed E-state index contributed by atoms with van der Waals surface area (Å²) in [6, 6.07) is 11.4. The molecule has 0 fully saturated rings. The van der Waals surface area contributed by atoms with Crippen LogP contribution in [0, 0.1) is 10.1 Å². The summed E-state index contributed by atoms with van der Waals surface area (Å²) in [5.41, 5.74) is 2.02. The molecule has 0 radical (unpaired) electrons. The zero-order valence-corrected chi connectivity index (χ0v) is 15.8. The zero-order chi connectivity index (χ0) is 19.6. The number of hydrogen-bond donors (Lipinski definition) is 0. The second-order valence-electron chi connectivity index (χ2n) is 5.66. The van der Waals surface area contributed by atoms with Crippen LogP contribution in [-0.2, 0) is 9.53 Å². The van der Waals surface area contributed by atoms with Crippen molar-refractivity contribution in [2.45, 2.75) is 0 Å². The van der Waals surface area contributed by atoms with Gasteiger partial charge in [-0.25, -0.2) is 0 Å². The van der Waals surface area contributed by atoms with E-state index >= 15 is 0 Å². The molecule has 0 saturated heterocycles. The van der Waals surface area contributed by atoms with Gasteiger partial charge in [-0.1, -0.05) is 42.0 Å². The summed E-state index contributed by atoms with van der Waals surface area (Å²) in [7, 11) is 1.28. The van der Waals surface area contributed by atoms with Crippen molar-refractivity contribution < 1.29 is 14.5 Å². The Bertz CT molecular complexity index is 977. The summed E-state index contributed by atoms with van der Waals surface area (Å²) in [6.45, 7) is 0.0147. The Labute approximate surface area is 165 Å². The van der Waals surface area contributed by atoms with Crippen LogP contribution in [0.5, 0.6) is 0 Å². The van der Waals surface area contributed by atoms with E-state index in [4.69, 9.17) is 28.6 Å². The summed E-state index contributed by atoms with van der Waals surface area (Å²) < 4.78 is 4.74. The molecule has 0 unspecified atom stereocenters. The number of hydrogen-bond acceptors (Lipinski definition) is 6. The van der Waals surface area contributed by atoms with E-state index in [0.717, 1.165) is 0 Å². The number of carbonyl (C=O) groups excluding carboxylic acids is 1. The number of benzene rings is 2. The lowest BCUT2D eigenvalue weighted by molar-refractivity contribution is -0.384. The van der Waals surface area contributed by atoms with Crippen LogP contribution in [0.2, 0.25) is 5.02 Å². The van der Waals surface area contributed by atoms with E-state index in [0.29, 0.717) is 32.5 Å². The molecule has 1 aliphatic rings. The third kappa shape index (κ3) is 3.81. The van der Waals surface area contributed by atoms with Gasteiger partial charge in [0.05, 0.1) is 30.0 Å². The summed E-state index contributed by atoms with van der Waals surface area (Å²) >= 11 is 11.7. The first-order valence-electron chi connectivity index (χ1n) is 7.87. The predicted octanol–water partition coefficient (Wildman–Crippen LogP) is 3.41. The first-order valence-corrected chi connectivity index (χ1v) is 8.66. The van der Waals surface area contributed by atoms with Crippen LogP contribution in [0.15, 0.2) is 47.5 Å². The van der Waals surface area contributed by atoms with Gasteiger partial charge in [0.15, 0.2) is 0 Å². The van der Waals surface area contributed by atoms with E-state index in [2.05, 4.69) is 4.99 Å². The third-order valence-electron chi connectivity index (χ3n) is 4.05. The number of methoxy groups -OCH3 is 1. The van der Waals surface area contributed by atoms with Crippen LogP contribution < -0.4 is 4.90 Å². The van der Waals surface area contributed by atoms with Gasteiger partial charge < -0.3 is 9.64 Å². The maximum Gasteiger partial charge on any atom is 0.325 e. The summed E-state index contributed by atoms with van der Waals surface area (Å²) in [5, 5.41) is 11.7. The molecule has 0 spiro atoms. The molecule has 138 valence electrons. The van der Waals surface area contributed by atoms with Crippen molar-refractivity contribution in [1.29, 1.82) is 0 Å². The number of fused-ring (bicyclic) bond motifs is 1. The van der Waals surface area contributed by atoms with Crippen molar-refractivity contribution in [2.24, 2.45) is 4.99 Å². The van der Waals surface area contributed by atoms with Crippen molar-refractivity contribution in [2.75, 3.05) is 25.1 Å². The molecule has 0 aromatic heterocycles. The molecule has 3 rings (SSSR count). The van der Waals surface area contributed by atoms with Crippen LogP contribution in [0.3, 0.4) is 0 Å². The largest absolute Gasteiger partial charge is 0.468 e. The molecule has 0 atom stereocenters. The number of benzodiazepines with no additional fused rings is 1. The number of thiocarbonyl (C=S) groups is 1. The van der Waals surface area contributed by atoms with Crippen LogP contribution in [0.4, 0.5) is 11.4 Å². The molecule has 0 saturated carbocycles. The number of non-ortho nitro benzene ring substituents is 1. The smallest absolute Gasteiger partial charge is 0.325 e. The van der Waals surface area contributed by atoms with Crippen LogP contribution in [0.25, 0.3) is 0 Å². The summed E-state index contributed by atoms with van der Waals surface area (Å²) in [4.78, 5) is 29.1. The molecule has 1 heterocycles. The minimum Gasteiger partial charge on any atom is -0.468 e. The molecular weight excluding hydrogens is 390 g/mol. The topological polar surface area (TPSA) is 85.0 Å². The lowest BCUT2D eigenvalue weighted by atomic mass is 9.99. The Hall–Kier alpha value is -2.84. The van der Waals surface area contributed by atoms with Gasteiger partial charge in [0, 0.05) is 28.3 Å². The number of halogens is 1. The Morgan fingerprint density at radius 2 is 2.07 bits per heavy atom. The molecule has 1 aliphatic heterocycles. The molecule has 0 aliphatic carbocycles. The fraction of sp³-hybridized carbons (Fsp3) is 0.167. The maximum absolute atomic E-state index is 11.8. The fourth-order valence-electron chi connectivity index (χ4n) is 2.76. The molecule has 7 nitrogen and oxygen atoms in total. The van der Waals surface area contributed by atoms with Gasteiger partial charge in [0.25, 0.3) is 5.69 Å². The molecule has 9 heteroatoms. The van der Waals surface area contributed by atoms with Gasteiger partial charge in [-0.05, 0) is 12.1 Å². The minimum absolute atomic E-state index is 0.0978. The molecule has 0 bridgehead atoms. The van der Waals surface area contributed by atoms with Gasteiger partial charge in [0.1, 0.15) is 11.5 Å². The van der Waals surface area contributed by atoms with Crippen molar-refractivity contribution >= 4 is 51.9 Å². The van der Waals surface area contributed by atoms with E-state index < -0.39 is 10.9 Å². The standard InChI is InChI=1S/C18H14ClN3O4S/c1-26-17(23)10-21-15-7-6-11(22(24)25)8-13(15)18(20-9-16(21)27)12-4-2-3-5-14(12)19/h2-8H,9-10H2,1H3. The molecule has 0 N–H and O–H groups in total. The second-order valence-corrected chi connectivity index (χ2v) is 6.54. The molecule has 2 aromatic rings. The van der Waals surface area contributed by atoms with Crippen molar-refractivity contribution in [3.05, 3.63) is 68.7 Å². The van der Waals surface area contributed by atoms with E-state index in [1.807, 2.05) is 0 Å². The van der Waals surface area contributed by atoms with E-state index in [9.17, 15) is 14.9 Å². The number of rotatable bonds is 4. The summed E-state index contributed by atoms with van der Waals surface area (Å²) in [5.74, 6) is -0.483. The number of esters is 1. The monoisotopic (exact) mass is 403 g/mol.